The number of halogens is 1. The molecule has 1 aliphatic heterocycles. The van der Waals surface area contributed by atoms with Crippen molar-refractivity contribution in [3.63, 3.8) is 0 Å². The number of aryl methyl sites for hydroxylation is 1. The van der Waals surface area contributed by atoms with Crippen LogP contribution in [0, 0.1) is 12.7 Å². The van der Waals surface area contributed by atoms with E-state index in [1.54, 1.807) is 6.07 Å². The Morgan fingerprint density at radius 3 is 2.63 bits per heavy atom. The summed E-state index contributed by atoms with van der Waals surface area (Å²) >= 11 is 0. The van der Waals surface area contributed by atoms with Crippen molar-refractivity contribution >= 4 is 0 Å². The highest BCUT2D eigenvalue weighted by Crippen LogP contribution is 2.40. The average Bonchev–Trinajstić information content (AvgIpc) is 2.38. The molecule has 0 fully saturated rings. The van der Waals surface area contributed by atoms with E-state index in [0.29, 0.717) is 17.7 Å². The van der Waals surface area contributed by atoms with E-state index in [-0.39, 0.29) is 11.9 Å². The maximum Gasteiger partial charge on any atom is 0.128 e. The molecule has 98 valence electrons. The van der Waals surface area contributed by atoms with Crippen LogP contribution in [0.1, 0.15) is 35.3 Å². The summed E-state index contributed by atoms with van der Waals surface area (Å²) in [5.41, 5.74) is 2.83. The van der Waals surface area contributed by atoms with Gasteiger partial charge in [0, 0.05) is 18.1 Å². The van der Waals surface area contributed by atoms with Gasteiger partial charge in [-0.25, -0.2) is 4.39 Å². The normalized spacial score (nSPS) is 21.6. The van der Waals surface area contributed by atoms with E-state index in [2.05, 4.69) is 0 Å². The van der Waals surface area contributed by atoms with Gasteiger partial charge in [0.25, 0.3) is 0 Å². The molecule has 1 unspecified atom stereocenters. The van der Waals surface area contributed by atoms with Crippen LogP contribution in [0.2, 0.25) is 0 Å². The molecule has 1 aliphatic rings. The van der Waals surface area contributed by atoms with Crippen LogP contribution in [0.25, 0.3) is 0 Å². The Balaban J connectivity index is 1.93. The number of rotatable bonds is 1. The summed E-state index contributed by atoms with van der Waals surface area (Å²) in [4.78, 5) is 0. The highest BCUT2D eigenvalue weighted by Gasteiger charge is 2.28. The molecule has 0 saturated carbocycles. The van der Waals surface area contributed by atoms with Gasteiger partial charge >= 0.3 is 0 Å². The van der Waals surface area contributed by atoms with E-state index in [9.17, 15) is 9.50 Å². The number of aliphatic hydroxyl groups excluding tert-OH is 1. The first-order valence-electron chi connectivity index (χ1n) is 6.34. The summed E-state index contributed by atoms with van der Waals surface area (Å²) in [6, 6.07) is 12.2. The van der Waals surface area contributed by atoms with Gasteiger partial charge in [-0.1, -0.05) is 29.8 Å². The summed E-state index contributed by atoms with van der Waals surface area (Å²) in [6.45, 7) is 2.02. The molecule has 0 bridgehead atoms. The van der Waals surface area contributed by atoms with Crippen molar-refractivity contribution in [3.05, 3.63) is 65.0 Å². The number of benzene rings is 2. The monoisotopic (exact) mass is 258 g/mol. The first-order valence-corrected chi connectivity index (χ1v) is 6.34. The summed E-state index contributed by atoms with van der Waals surface area (Å²) in [5.74, 6) is 0.0832. The molecule has 0 radical (unpaired) electrons. The number of ether oxygens (including phenoxy) is 1. The molecule has 2 nitrogen and oxygen atoms in total. The maximum absolute atomic E-state index is 13.2. The van der Waals surface area contributed by atoms with Gasteiger partial charge in [-0.15, -0.1) is 0 Å². The molecule has 3 heteroatoms. The second-order valence-corrected chi connectivity index (χ2v) is 4.95. The third kappa shape index (κ3) is 2.34. The second-order valence-electron chi connectivity index (χ2n) is 4.95. The lowest BCUT2D eigenvalue weighted by Gasteiger charge is -2.30. The van der Waals surface area contributed by atoms with Gasteiger partial charge in [0.05, 0.1) is 6.10 Å². The molecule has 1 heterocycles. The fourth-order valence-electron chi connectivity index (χ4n) is 2.40. The minimum atomic E-state index is -0.615. The van der Waals surface area contributed by atoms with Crippen LogP contribution < -0.4 is 4.74 Å². The fraction of sp³-hybridized carbons (Fsp3) is 0.250. The fourth-order valence-corrected chi connectivity index (χ4v) is 2.40. The highest BCUT2D eigenvalue weighted by atomic mass is 19.1. The molecule has 0 saturated heterocycles. The van der Waals surface area contributed by atoms with Crippen molar-refractivity contribution < 1.29 is 14.2 Å². The van der Waals surface area contributed by atoms with Gasteiger partial charge in [0.15, 0.2) is 0 Å². The first-order chi connectivity index (χ1) is 9.13. The van der Waals surface area contributed by atoms with Gasteiger partial charge in [-0.2, -0.15) is 0 Å². The SMILES string of the molecule is Cc1ccc(C2C[C@@H](O)c3ccc(F)cc3O2)cc1. The lowest BCUT2D eigenvalue weighted by Crippen LogP contribution is -2.19. The van der Waals surface area contributed by atoms with Crippen LogP contribution in [0.3, 0.4) is 0 Å². The van der Waals surface area contributed by atoms with E-state index >= 15 is 0 Å². The van der Waals surface area contributed by atoms with E-state index in [1.165, 1.54) is 17.7 Å². The van der Waals surface area contributed by atoms with Crippen LogP contribution in [0.4, 0.5) is 4.39 Å². The van der Waals surface area contributed by atoms with Crippen LogP contribution in [-0.2, 0) is 0 Å². The number of hydrogen-bond donors (Lipinski definition) is 1. The van der Waals surface area contributed by atoms with Crippen LogP contribution in [0.15, 0.2) is 42.5 Å². The zero-order valence-corrected chi connectivity index (χ0v) is 10.6. The minimum absolute atomic E-state index is 0.232. The molecule has 2 aromatic rings. The number of fused-ring (bicyclic) bond motifs is 1. The molecule has 0 amide bonds. The standard InChI is InChI=1S/C16H15FO2/c1-10-2-4-11(5-3-10)15-9-14(18)13-7-6-12(17)8-16(13)19-15/h2-8,14-15,18H,9H2,1H3/t14-,15?/m1/s1. The number of hydrogen-bond acceptors (Lipinski definition) is 2. The predicted molar refractivity (Wildman–Crippen MR) is 70.5 cm³/mol. The molecule has 0 aliphatic carbocycles. The van der Waals surface area contributed by atoms with Gasteiger partial charge in [-0.3, -0.25) is 0 Å². The highest BCUT2D eigenvalue weighted by molar-refractivity contribution is 5.39. The topological polar surface area (TPSA) is 29.5 Å². The Labute approximate surface area is 111 Å². The van der Waals surface area contributed by atoms with Crippen molar-refractivity contribution in [3.8, 4) is 5.75 Å². The van der Waals surface area contributed by atoms with Crippen molar-refractivity contribution in [1.82, 2.24) is 0 Å². The maximum atomic E-state index is 13.2. The van der Waals surface area contributed by atoms with E-state index < -0.39 is 6.10 Å². The molecule has 2 aromatic carbocycles. The molecular weight excluding hydrogens is 243 g/mol. The predicted octanol–water partition coefficient (Wildman–Crippen LogP) is 3.69. The van der Waals surface area contributed by atoms with E-state index in [1.807, 2.05) is 31.2 Å². The van der Waals surface area contributed by atoms with E-state index in [0.717, 1.165) is 5.56 Å². The minimum Gasteiger partial charge on any atom is -0.485 e. The third-order valence-electron chi connectivity index (χ3n) is 3.49. The number of aliphatic hydroxyl groups is 1. The molecule has 2 atom stereocenters. The zero-order chi connectivity index (χ0) is 13.4. The lowest BCUT2D eigenvalue weighted by atomic mass is 9.94. The van der Waals surface area contributed by atoms with Gasteiger partial charge in [-0.05, 0) is 24.6 Å². The Bertz CT molecular complexity index is 592. The summed E-state index contributed by atoms with van der Waals surface area (Å²) in [7, 11) is 0. The molecule has 0 spiro atoms. The largest absolute Gasteiger partial charge is 0.485 e. The van der Waals surface area contributed by atoms with Crippen molar-refractivity contribution in [2.75, 3.05) is 0 Å². The molecule has 3 rings (SSSR count). The van der Waals surface area contributed by atoms with Gasteiger partial charge < -0.3 is 9.84 Å². The van der Waals surface area contributed by atoms with E-state index in [4.69, 9.17) is 4.74 Å². The lowest BCUT2D eigenvalue weighted by molar-refractivity contribution is 0.0654. The molecule has 19 heavy (non-hydrogen) atoms. The van der Waals surface area contributed by atoms with Crippen molar-refractivity contribution in [1.29, 1.82) is 0 Å². The second kappa shape index (κ2) is 4.67. The first kappa shape index (κ1) is 12.2. The van der Waals surface area contributed by atoms with Crippen molar-refractivity contribution in [2.24, 2.45) is 0 Å². The zero-order valence-electron chi connectivity index (χ0n) is 10.6. The summed E-state index contributed by atoms with van der Waals surface area (Å²) in [6.07, 6.45) is -0.359. The van der Waals surface area contributed by atoms with Crippen LogP contribution in [-0.4, -0.2) is 5.11 Å². The summed E-state index contributed by atoms with van der Waals surface area (Å²) < 4.78 is 19.1. The average molecular weight is 258 g/mol. The Morgan fingerprint density at radius 2 is 1.89 bits per heavy atom. The quantitative estimate of drug-likeness (QED) is 0.845. The van der Waals surface area contributed by atoms with Crippen LogP contribution >= 0.6 is 0 Å². The molecule has 1 N–H and O–H groups in total. The smallest absolute Gasteiger partial charge is 0.128 e. The van der Waals surface area contributed by atoms with Crippen LogP contribution in [0.5, 0.6) is 5.75 Å². The van der Waals surface area contributed by atoms with Gasteiger partial charge in [0.2, 0.25) is 0 Å². The Hall–Kier alpha value is -1.87. The molecule has 0 aromatic heterocycles. The van der Waals surface area contributed by atoms with Crippen molar-refractivity contribution in [2.45, 2.75) is 25.6 Å². The third-order valence-corrected chi connectivity index (χ3v) is 3.49. The Morgan fingerprint density at radius 1 is 1.16 bits per heavy atom. The Kier molecular flexibility index (Phi) is 2.99. The van der Waals surface area contributed by atoms with Gasteiger partial charge in [0.1, 0.15) is 17.7 Å². The summed E-state index contributed by atoms with van der Waals surface area (Å²) in [5, 5.41) is 10.1. The molecular formula is C16H15FO2.